The van der Waals surface area contributed by atoms with Gasteiger partial charge < -0.3 is 0 Å². The number of hydrogen-bond acceptors (Lipinski definition) is 4. The van der Waals surface area contributed by atoms with Crippen LogP contribution in [-0.2, 0) is 16.6 Å². The average Bonchev–Trinajstić information content (AvgIpc) is 3.08. The average molecular weight is 376 g/mol. The molecule has 3 rings (SSSR count). The minimum absolute atomic E-state index is 0.0297. The zero-order valence-corrected chi connectivity index (χ0v) is 14.5. The standard InChI is InChI=1S/C17H14ClN3O3S/c18-15-5-7-16(8-6-15)25(23,24)20-17(22)14-4-1-3-13(11-14)12-21-10-2-9-19-21/h1-11H,12H2,(H,20,22). The number of sulfonamides is 1. The fourth-order valence-corrected chi connectivity index (χ4v) is 3.35. The molecule has 0 unspecified atom stereocenters. The number of carbonyl (C=O) groups is 1. The summed E-state index contributed by atoms with van der Waals surface area (Å²) in [7, 11) is -3.96. The number of benzene rings is 2. The molecule has 0 bridgehead atoms. The molecule has 0 aliphatic carbocycles. The van der Waals surface area contributed by atoms with Crippen LogP contribution in [0.2, 0.25) is 5.02 Å². The van der Waals surface area contributed by atoms with Crippen LogP contribution in [0.1, 0.15) is 15.9 Å². The van der Waals surface area contributed by atoms with Crippen molar-refractivity contribution in [1.82, 2.24) is 14.5 Å². The first-order valence-corrected chi connectivity index (χ1v) is 9.19. The van der Waals surface area contributed by atoms with E-state index in [0.717, 1.165) is 5.56 Å². The first kappa shape index (κ1) is 17.2. The van der Waals surface area contributed by atoms with Gasteiger partial charge in [0.25, 0.3) is 15.9 Å². The Kier molecular flexibility index (Phi) is 4.87. The first-order valence-electron chi connectivity index (χ1n) is 7.33. The molecule has 2 aromatic carbocycles. The molecule has 6 nitrogen and oxygen atoms in total. The summed E-state index contributed by atoms with van der Waals surface area (Å²) < 4.78 is 28.3. The first-order chi connectivity index (χ1) is 11.9. The Labute approximate surface area is 150 Å². The maximum Gasteiger partial charge on any atom is 0.265 e. The van der Waals surface area contributed by atoms with Gasteiger partial charge in [-0.15, -0.1) is 0 Å². The van der Waals surface area contributed by atoms with Crippen molar-refractivity contribution in [3.63, 3.8) is 0 Å². The van der Waals surface area contributed by atoms with Crippen LogP contribution in [0, 0.1) is 0 Å². The van der Waals surface area contributed by atoms with E-state index in [4.69, 9.17) is 11.6 Å². The minimum Gasteiger partial charge on any atom is -0.268 e. The summed E-state index contributed by atoms with van der Waals surface area (Å²) in [5, 5.41) is 4.52. The maximum absolute atomic E-state index is 12.3. The summed E-state index contributed by atoms with van der Waals surface area (Å²) >= 11 is 5.75. The highest BCUT2D eigenvalue weighted by Crippen LogP contribution is 2.15. The lowest BCUT2D eigenvalue weighted by Crippen LogP contribution is -2.30. The lowest BCUT2D eigenvalue weighted by atomic mass is 10.1. The fraction of sp³-hybridized carbons (Fsp3) is 0.0588. The molecule has 0 saturated heterocycles. The highest BCUT2D eigenvalue weighted by molar-refractivity contribution is 7.90. The Morgan fingerprint density at radius 1 is 1.12 bits per heavy atom. The van der Waals surface area contributed by atoms with Crippen molar-refractivity contribution in [3.8, 4) is 0 Å². The summed E-state index contributed by atoms with van der Waals surface area (Å²) in [5.41, 5.74) is 1.09. The molecule has 3 aromatic rings. The summed E-state index contributed by atoms with van der Waals surface area (Å²) in [4.78, 5) is 12.3. The number of nitrogens with one attached hydrogen (secondary N) is 1. The molecule has 0 fully saturated rings. The quantitative estimate of drug-likeness (QED) is 0.743. The molecule has 0 radical (unpaired) electrons. The largest absolute Gasteiger partial charge is 0.268 e. The Hall–Kier alpha value is -2.64. The van der Waals surface area contributed by atoms with Gasteiger partial charge >= 0.3 is 0 Å². The molecule has 25 heavy (non-hydrogen) atoms. The molecule has 8 heteroatoms. The van der Waals surface area contributed by atoms with Crippen LogP contribution in [-0.4, -0.2) is 24.1 Å². The number of carbonyl (C=O) groups excluding carboxylic acids is 1. The van der Waals surface area contributed by atoms with E-state index in [1.165, 1.54) is 24.3 Å². The molecule has 0 aliphatic heterocycles. The van der Waals surface area contributed by atoms with Gasteiger partial charge in [-0.05, 0) is 48.0 Å². The van der Waals surface area contributed by atoms with Crippen molar-refractivity contribution in [3.05, 3.63) is 83.1 Å². The SMILES string of the molecule is O=C(NS(=O)(=O)c1ccc(Cl)cc1)c1cccc(Cn2cccn2)c1. The topological polar surface area (TPSA) is 81.1 Å². The molecule has 1 amide bonds. The molecule has 0 spiro atoms. The van der Waals surface area contributed by atoms with E-state index in [2.05, 4.69) is 9.82 Å². The minimum atomic E-state index is -3.96. The van der Waals surface area contributed by atoms with E-state index in [1.807, 2.05) is 6.07 Å². The molecule has 1 heterocycles. The van der Waals surface area contributed by atoms with E-state index in [1.54, 1.807) is 41.3 Å². The van der Waals surface area contributed by atoms with Gasteiger partial charge in [-0.25, -0.2) is 13.1 Å². The van der Waals surface area contributed by atoms with Crippen LogP contribution in [0.5, 0.6) is 0 Å². The number of amides is 1. The van der Waals surface area contributed by atoms with Gasteiger partial charge in [0.2, 0.25) is 0 Å². The Balaban J connectivity index is 1.77. The molecular formula is C17H14ClN3O3S. The lowest BCUT2D eigenvalue weighted by Gasteiger charge is -2.08. The maximum atomic E-state index is 12.3. The van der Waals surface area contributed by atoms with Gasteiger partial charge in [0.1, 0.15) is 0 Å². The van der Waals surface area contributed by atoms with Crippen molar-refractivity contribution in [2.45, 2.75) is 11.4 Å². The highest BCUT2D eigenvalue weighted by atomic mass is 35.5. The van der Waals surface area contributed by atoms with Crippen molar-refractivity contribution in [2.75, 3.05) is 0 Å². The fourth-order valence-electron chi connectivity index (χ4n) is 2.25. The van der Waals surface area contributed by atoms with Crippen LogP contribution in [0.15, 0.2) is 71.9 Å². The van der Waals surface area contributed by atoms with Crippen molar-refractivity contribution in [2.24, 2.45) is 0 Å². The summed E-state index contributed by atoms with van der Waals surface area (Å²) in [6.45, 7) is 0.484. The third-order valence-electron chi connectivity index (χ3n) is 3.44. The Morgan fingerprint density at radius 3 is 2.56 bits per heavy atom. The van der Waals surface area contributed by atoms with Crippen LogP contribution >= 0.6 is 11.6 Å². The van der Waals surface area contributed by atoms with E-state index >= 15 is 0 Å². The summed E-state index contributed by atoms with van der Waals surface area (Å²) in [5.74, 6) is -0.697. The molecular weight excluding hydrogens is 362 g/mol. The zero-order chi connectivity index (χ0) is 17.9. The van der Waals surface area contributed by atoms with Crippen LogP contribution < -0.4 is 4.72 Å². The van der Waals surface area contributed by atoms with Crippen LogP contribution in [0.25, 0.3) is 0 Å². The number of aromatic nitrogens is 2. The highest BCUT2D eigenvalue weighted by Gasteiger charge is 2.18. The predicted molar refractivity (Wildman–Crippen MR) is 93.9 cm³/mol. The number of halogens is 1. The zero-order valence-electron chi connectivity index (χ0n) is 13.0. The Bertz CT molecular complexity index is 984. The molecule has 0 saturated carbocycles. The second-order valence-electron chi connectivity index (χ2n) is 5.29. The smallest absolute Gasteiger partial charge is 0.265 e. The van der Waals surface area contributed by atoms with E-state index in [9.17, 15) is 13.2 Å². The number of nitrogens with zero attached hydrogens (tertiary/aromatic N) is 2. The third-order valence-corrected chi connectivity index (χ3v) is 5.04. The third kappa shape index (κ3) is 4.26. The van der Waals surface area contributed by atoms with Gasteiger partial charge in [-0.2, -0.15) is 5.10 Å². The molecule has 1 aromatic heterocycles. The van der Waals surface area contributed by atoms with E-state index < -0.39 is 15.9 Å². The van der Waals surface area contributed by atoms with Crippen LogP contribution in [0.4, 0.5) is 0 Å². The number of hydrogen-bond donors (Lipinski definition) is 1. The van der Waals surface area contributed by atoms with E-state index in [0.29, 0.717) is 11.6 Å². The number of rotatable bonds is 5. The van der Waals surface area contributed by atoms with Crippen molar-refractivity contribution in [1.29, 1.82) is 0 Å². The van der Waals surface area contributed by atoms with Gasteiger partial charge in [0.15, 0.2) is 0 Å². The van der Waals surface area contributed by atoms with Crippen molar-refractivity contribution < 1.29 is 13.2 Å². The van der Waals surface area contributed by atoms with Crippen molar-refractivity contribution >= 4 is 27.5 Å². The monoisotopic (exact) mass is 375 g/mol. The Morgan fingerprint density at radius 2 is 1.88 bits per heavy atom. The van der Waals surface area contributed by atoms with Gasteiger partial charge in [-0.3, -0.25) is 9.48 Å². The molecule has 0 aliphatic rings. The van der Waals surface area contributed by atoms with Gasteiger partial charge in [0.05, 0.1) is 11.4 Å². The van der Waals surface area contributed by atoms with Gasteiger partial charge in [-0.1, -0.05) is 23.7 Å². The molecule has 0 atom stereocenters. The molecule has 1 N–H and O–H groups in total. The van der Waals surface area contributed by atoms with Gasteiger partial charge in [0, 0.05) is 23.0 Å². The predicted octanol–water partition coefficient (Wildman–Crippen LogP) is 2.70. The second kappa shape index (κ2) is 7.08. The second-order valence-corrected chi connectivity index (χ2v) is 7.41. The molecule has 128 valence electrons. The lowest BCUT2D eigenvalue weighted by molar-refractivity contribution is 0.0981. The normalized spacial score (nSPS) is 11.2. The summed E-state index contributed by atoms with van der Waals surface area (Å²) in [6.07, 6.45) is 3.47. The van der Waals surface area contributed by atoms with Crippen LogP contribution in [0.3, 0.4) is 0 Å². The van der Waals surface area contributed by atoms with E-state index in [-0.39, 0.29) is 10.5 Å². The summed E-state index contributed by atoms with van der Waals surface area (Å²) in [6, 6.07) is 14.1.